The zero-order chi connectivity index (χ0) is 15.3. The van der Waals surface area contributed by atoms with Crippen LogP contribution < -0.4 is 5.32 Å². The van der Waals surface area contributed by atoms with Gasteiger partial charge in [0.05, 0.1) is 0 Å². The van der Waals surface area contributed by atoms with Crippen LogP contribution in [0.4, 0.5) is 0 Å². The monoisotopic (exact) mass is 299 g/mol. The fraction of sp³-hybridized carbons (Fsp3) is 0.308. The Bertz CT molecular complexity index is 544. The summed E-state index contributed by atoms with van der Waals surface area (Å²) in [6.45, 7) is 1.77. The summed E-state index contributed by atoms with van der Waals surface area (Å²) in [5.41, 5.74) is 1.02. The minimum atomic E-state index is -1.28. The summed E-state index contributed by atoms with van der Waals surface area (Å²) in [6.07, 6.45) is -0.526. The van der Waals surface area contributed by atoms with Gasteiger partial charge >= 0.3 is 11.9 Å². The van der Waals surface area contributed by atoms with Crippen LogP contribution in [0.15, 0.2) is 18.2 Å². The smallest absolute Gasteiger partial charge is 0.326 e. The van der Waals surface area contributed by atoms with E-state index in [2.05, 4.69) is 5.32 Å². The van der Waals surface area contributed by atoms with Crippen LogP contribution in [0.3, 0.4) is 0 Å². The van der Waals surface area contributed by atoms with Crippen molar-refractivity contribution in [2.45, 2.75) is 25.8 Å². The number of hydrogen-bond donors (Lipinski definition) is 3. The number of carboxylic acid groups (broad SMARTS) is 2. The van der Waals surface area contributed by atoms with E-state index in [1.807, 2.05) is 0 Å². The third-order valence-electron chi connectivity index (χ3n) is 2.68. The van der Waals surface area contributed by atoms with Crippen LogP contribution in [-0.2, 0) is 9.59 Å². The van der Waals surface area contributed by atoms with E-state index in [1.165, 1.54) is 12.1 Å². The van der Waals surface area contributed by atoms with Gasteiger partial charge in [0.1, 0.15) is 6.04 Å². The first kappa shape index (κ1) is 16.0. The second kappa shape index (κ2) is 6.91. The van der Waals surface area contributed by atoms with E-state index >= 15 is 0 Å². The normalized spacial score (nSPS) is 11.7. The van der Waals surface area contributed by atoms with Crippen molar-refractivity contribution < 1.29 is 24.6 Å². The molecule has 108 valence electrons. The molecule has 0 unspecified atom stereocenters. The Kier molecular flexibility index (Phi) is 5.52. The van der Waals surface area contributed by atoms with Gasteiger partial charge in [0, 0.05) is 17.0 Å². The van der Waals surface area contributed by atoms with Gasteiger partial charge in [-0.1, -0.05) is 17.7 Å². The van der Waals surface area contributed by atoms with Crippen molar-refractivity contribution >= 4 is 29.4 Å². The second-order valence-electron chi connectivity index (χ2n) is 4.26. The summed E-state index contributed by atoms with van der Waals surface area (Å²) < 4.78 is 0. The van der Waals surface area contributed by atoms with Gasteiger partial charge in [-0.25, -0.2) is 4.79 Å². The number of aliphatic carboxylic acids is 2. The maximum Gasteiger partial charge on any atom is 0.326 e. The van der Waals surface area contributed by atoms with E-state index in [9.17, 15) is 14.4 Å². The molecule has 1 aromatic carbocycles. The average Bonchev–Trinajstić information content (AvgIpc) is 2.36. The van der Waals surface area contributed by atoms with E-state index in [4.69, 9.17) is 21.8 Å². The summed E-state index contributed by atoms with van der Waals surface area (Å²) >= 11 is 5.89. The highest BCUT2D eigenvalue weighted by molar-refractivity contribution is 6.31. The zero-order valence-corrected chi connectivity index (χ0v) is 11.5. The molecule has 0 bridgehead atoms. The van der Waals surface area contributed by atoms with Gasteiger partial charge in [0.25, 0.3) is 5.91 Å². The predicted octanol–water partition coefficient (Wildman–Crippen LogP) is 1.70. The van der Waals surface area contributed by atoms with Gasteiger partial charge in [-0.2, -0.15) is 0 Å². The number of benzene rings is 1. The Morgan fingerprint density at radius 2 is 1.95 bits per heavy atom. The SMILES string of the molecule is Cc1ccc(C(=O)N[C@@H](CCC(=O)O)C(=O)O)cc1Cl. The Morgan fingerprint density at radius 1 is 1.30 bits per heavy atom. The maximum absolute atomic E-state index is 11.9. The van der Waals surface area contributed by atoms with Crippen molar-refractivity contribution in [1.29, 1.82) is 0 Å². The summed E-state index contributed by atoms with van der Waals surface area (Å²) in [5.74, 6) is -3.01. The lowest BCUT2D eigenvalue weighted by atomic mass is 10.1. The van der Waals surface area contributed by atoms with Crippen molar-refractivity contribution in [3.05, 3.63) is 34.3 Å². The molecule has 0 aliphatic heterocycles. The van der Waals surface area contributed by atoms with Crippen LogP contribution in [0, 0.1) is 6.92 Å². The number of aryl methyl sites for hydroxylation is 1. The van der Waals surface area contributed by atoms with Gasteiger partial charge in [-0.3, -0.25) is 9.59 Å². The number of carbonyl (C=O) groups is 3. The molecule has 0 spiro atoms. The molecule has 1 atom stereocenters. The number of hydrogen-bond acceptors (Lipinski definition) is 3. The lowest BCUT2D eigenvalue weighted by Gasteiger charge is -2.13. The molecule has 0 saturated carbocycles. The number of amides is 1. The Balaban J connectivity index is 2.77. The standard InChI is InChI=1S/C13H14ClNO5/c1-7-2-3-8(6-9(7)14)12(18)15-10(13(19)20)4-5-11(16)17/h2-3,6,10H,4-5H2,1H3,(H,15,18)(H,16,17)(H,19,20)/t10-/m0/s1. The number of halogens is 1. The first-order chi connectivity index (χ1) is 9.31. The molecule has 0 aromatic heterocycles. The molecule has 1 aromatic rings. The van der Waals surface area contributed by atoms with Crippen LogP contribution in [0.1, 0.15) is 28.8 Å². The van der Waals surface area contributed by atoms with Gasteiger partial charge in [0.15, 0.2) is 0 Å². The van der Waals surface area contributed by atoms with E-state index in [0.29, 0.717) is 5.02 Å². The van der Waals surface area contributed by atoms with Crippen LogP contribution in [0.2, 0.25) is 5.02 Å². The van der Waals surface area contributed by atoms with Crippen LogP contribution >= 0.6 is 11.6 Å². The molecule has 0 radical (unpaired) electrons. The summed E-state index contributed by atoms with van der Waals surface area (Å²) in [6, 6.07) is 3.35. The van der Waals surface area contributed by atoms with Gasteiger partial charge in [-0.15, -0.1) is 0 Å². The first-order valence-corrected chi connectivity index (χ1v) is 6.20. The Morgan fingerprint density at radius 3 is 2.45 bits per heavy atom. The van der Waals surface area contributed by atoms with E-state index in [0.717, 1.165) is 5.56 Å². The fourth-order valence-corrected chi connectivity index (χ4v) is 1.68. The molecule has 0 saturated heterocycles. The lowest BCUT2D eigenvalue weighted by molar-refractivity contribution is -0.140. The topological polar surface area (TPSA) is 104 Å². The summed E-state index contributed by atoms with van der Waals surface area (Å²) in [5, 5.41) is 20.2. The minimum absolute atomic E-state index is 0.185. The second-order valence-corrected chi connectivity index (χ2v) is 4.67. The highest BCUT2D eigenvalue weighted by atomic mass is 35.5. The van der Waals surface area contributed by atoms with E-state index in [1.54, 1.807) is 13.0 Å². The van der Waals surface area contributed by atoms with Crippen molar-refractivity contribution in [2.24, 2.45) is 0 Å². The predicted molar refractivity (Wildman–Crippen MR) is 71.9 cm³/mol. The molecular formula is C13H14ClNO5. The van der Waals surface area contributed by atoms with Gasteiger partial charge in [0.2, 0.25) is 0 Å². The molecule has 1 amide bonds. The van der Waals surface area contributed by atoms with Gasteiger partial charge < -0.3 is 15.5 Å². The molecule has 6 nitrogen and oxygen atoms in total. The molecule has 3 N–H and O–H groups in total. The van der Waals surface area contributed by atoms with Crippen molar-refractivity contribution in [1.82, 2.24) is 5.32 Å². The molecule has 0 heterocycles. The first-order valence-electron chi connectivity index (χ1n) is 5.83. The van der Waals surface area contributed by atoms with Crippen LogP contribution in [0.5, 0.6) is 0 Å². The number of carboxylic acids is 2. The molecule has 0 fully saturated rings. The Hall–Kier alpha value is -2.08. The largest absolute Gasteiger partial charge is 0.481 e. The minimum Gasteiger partial charge on any atom is -0.481 e. The molecule has 20 heavy (non-hydrogen) atoms. The molecule has 0 aliphatic carbocycles. The van der Waals surface area contributed by atoms with E-state index < -0.39 is 23.9 Å². The van der Waals surface area contributed by atoms with Crippen molar-refractivity contribution in [3.63, 3.8) is 0 Å². The third-order valence-corrected chi connectivity index (χ3v) is 3.09. The Labute approximate surface area is 120 Å². The summed E-state index contributed by atoms with van der Waals surface area (Å²) in [7, 11) is 0. The molecule has 1 rings (SSSR count). The molecule has 0 aliphatic rings. The maximum atomic E-state index is 11.9. The number of nitrogens with one attached hydrogen (secondary N) is 1. The highest BCUT2D eigenvalue weighted by Gasteiger charge is 2.21. The van der Waals surface area contributed by atoms with Crippen LogP contribution in [-0.4, -0.2) is 34.1 Å². The number of rotatable bonds is 6. The third kappa shape index (κ3) is 4.55. The van der Waals surface area contributed by atoms with Crippen LogP contribution in [0.25, 0.3) is 0 Å². The highest BCUT2D eigenvalue weighted by Crippen LogP contribution is 2.16. The van der Waals surface area contributed by atoms with Crippen molar-refractivity contribution in [2.75, 3.05) is 0 Å². The van der Waals surface area contributed by atoms with E-state index in [-0.39, 0.29) is 18.4 Å². The fourth-order valence-electron chi connectivity index (χ4n) is 1.50. The van der Waals surface area contributed by atoms with Crippen molar-refractivity contribution in [3.8, 4) is 0 Å². The lowest BCUT2D eigenvalue weighted by Crippen LogP contribution is -2.41. The quantitative estimate of drug-likeness (QED) is 0.741. The summed E-state index contributed by atoms with van der Waals surface area (Å²) in [4.78, 5) is 33.3. The number of carbonyl (C=O) groups excluding carboxylic acids is 1. The molecular weight excluding hydrogens is 286 g/mol. The molecule has 7 heteroatoms. The van der Waals surface area contributed by atoms with Gasteiger partial charge in [-0.05, 0) is 31.0 Å². The average molecular weight is 300 g/mol. The zero-order valence-electron chi connectivity index (χ0n) is 10.7.